The molecule has 1 aliphatic carbocycles. The second kappa shape index (κ2) is 12.7. The number of aromatic amines is 1. The number of carbonyl (C=O) groups is 2. The number of ether oxygens (including phenoxy) is 1. The minimum atomic E-state index is -2.55. The highest BCUT2D eigenvalue weighted by molar-refractivity contribution is 7.76. The van der Waals surface area contributed by atoms with Gasteiger partial charge in [-0.25, -0.2) is 23.9 Å². The Balaban J connectivity index is 1.35. The van der Waals surface area contributed by atoms with Crippen LogP contribution in [0.2, 0.25) is 0 Å². The molecule has 0 saturated heterocycles. The van der Waals surface area contributed by atoms with E-state index in [0.29, 0.717) is 28.6 Å². The van der Waals surface area contributed by atoms with Crippen molar-refractivity contribution in [2.24, 2.45) is 0 Å². The summed E-state index contributed by atoms with van der Waals surface area (Å²) < 4.78 is 50.7. The molecule has 4 aromatic rings. The van der Waals surface area contributed by atoms with Gasteiger partial charge in [0, 0.05) is 54.1 Å². The Hall–Kier alpha value is -4.07. The van der Waals surface area contributed by atoms with Gasteiger partial charge in [-0.15, -0.1) is 0 Å². The molecule has 1 atom stereocenters. The van der Waals surface area contributed by atoms with E-state index >= 15 is 0 Å². The molecule has 1 fully saturated rings. The van der Waals surface area contributed by atoms with Crippen molar-refractivity contribution in [3.8, 4) is 22.7 Å². The lowest BCUT2D eigenvalue weighted by Gasteiger charge is -2.25. The number of halogens is 1. The molecule has 2 aromatic heterocycles. The van der Waals surface area contributed by atoms with E-state index in [4.69, 9.17) is 9.15 Å². The summed E-state index contributed by atoms with van der Waals surface area (Å²) >= 11 is -2.55. The maximum atomic E-state index is 13.7. The molecule has 5 rings (SSSR count). The topological polar surface area (TPSA) is 153 Å². The third-order valence-electron chi connectivity index (χ3n) is 6.88. The monoisotopic (exact) mass is 610 g/mol. The van der Waals surface area contributed by atoms with E-state index in [1.807, 2.05) is 12.1 Å². The second-order valence-electron chi connectivity index (χ2n) is 11.4. The first-order valence-corrected chi connectivity index (χ1v) is 15.0. The fourth-order valence-electron chi connectivity index (χ4n) is 4.85. The SMILES string of the molecule is CC(C)(C)OC(=O)NNC(=O)CCCN(Cc1cc2oc(-c3ccc(F)cc3)c(-c3ncc[nH]3)c2cc1C1CC1)S(=O)[O-]. The molecule has 0 bridgehead atoms. The first-order valence-electron chi connectivity index (χ1n) is 14.0. The van der Waals surface area contributed by atoms with Crippen molar-refractivity contribution in [2.75, 3.05) is 6.54 Å². The normalized spacial score (nSPS) is 14.2. The molecular formula is C30H33FN5O6S-. The first-order chi connectivity index (χ1) is 20.5. The predicted molar refractivity (Wildman–Crippen MR) is 157 cm³/mol. The summed E-state index contributed by atoms with van der Waals surface area (Å²) in [5.41, 5.74) is 7.55. The van der Waals surface area contributed by atoms with Gasteiger partial charge in [0.25, 0.3) is 0 Å². The molecular weight excluding hydrogens is 577 g/mol. The molecule has 0 aliphatic heterocycles. The van der Waals surface area contributed by atoms with Gasteiger partial charge in [-0.3, -0.25) is 14.4 Å². The van der Waals surface area contributed by atoms with Crippen LogP contribution in [-0.4, -0.2) is 47.2 Å². The van der Waals surface area contributed by atoms with Gasteiger partial charge in [-0.05, 0) is 93.5 Å². The molecule has 3 N–H and O–H groups in total. The average Bonchev–Trinajstić information content (AvgIpc) is 3.51. The standard InChI is InChI=1S/C30H34FN5O6S/c1-30(2,3)42-29(38)35-34-25(37)5-4-14-36(43(39)40)17-20-15-24-23(16-22(20)18-6-7-18)26(28-32-12-13-33-28)27(41-24)19-8-10-21(31)11-9-19/h8-13,15-16,18H,4-7,14,17H2,1-3H3,(H,32,33)(H,34,37)(H,35,38)(H,39,40)/p-1. The molecule has 0 spiro atoms. The van der Waals surface area contributed by atoms with E-state index < -0.39 is 28.9 Å². The van der Waals surface area contributed by atoms with Crippen LogP contribution in [0.3, 0.4) is 0 Å². The van der Waals surface area contributed by atoms with Crippen LogP contribution < -0.4 is 10.9 Å². The third-order valence-corrected chi connectivity index (χ3v) is 7.61. The van der Waals surface area contributed by atoms with E-state index in [9.17, 15) is 22.7 Å². The Bertz CT molecular complexity index is 1630. The largest absolute Gasteiger partial charge is 0.760 e. The maximum absolute atomic E-state index is 13.7. The first kappa shape index (κ1) is 30.4. The van der Waals surface area contributed by atoms with Crippen molar-refractivity contribution in [3.05, 3.63) is 65.7 Å². The molecule has 1 aliphatic rings. The zero-order chi connectivity index (χ0) is 30.7. The minimum absolute atomic E-state index is 0.0102. The number of H-pyrrole nitrogens is 1. The number of amides is 2. The number of hydrazine groups is 1. The summed E-state index contributed by atoms with van der Waals surface area (Å²) in [6.07, 6.45) is 4.77. The van der Waals surface area contributed by atoms with Crippen molar-refractivity contribution in [1.82, 2.24) is 25.1 Å². The highest BCUT2D eigenvalue weighted by Gasteiger charge is 2.29. The van der Waals surface area contributed by atoms with E-state index in [1.54, 1.807) is 45.3 Å². The van der Waals surface area contributed by atoms with Crippen LogP contribution in [0.1, 0.15) is 63.5 Å². The van der Waals surface area contributed by atoms with Crippen LogP contribution in [0.4, 0.5) is 9.18 Å². The van der Waals surface area contributed by atoms with Crippen molar-refractivity contribution in [3.63, 3.8) is 0 Å². The lowest BCUT2D eigenvalue weighted by molar-refractivity contribution is -0.122. The van der Waals surface area contributed by atoms with Crippen molar-refractivity contribution >= 4 is 34.2 Å². The van der Waals surface area contributed by atoms with Crippen LogP contribution in [0.25, 0.3) is 33.7 Å². The zero-order valence-electron chi connectivity index (χ0n) is 24.1. The number of nitrogens with zero attached hydrogens (tertiary/aromatic N) is 2. The maximum Gasteiger partial charge on any atom is 0.426 e. The number of carbonyl (C=O) groups excluding carboxylic acids is 2. The highest BCUT2D eigenvalue weighted by atomic mass is 32.2. The predicted octanol–water partition coefficient (Wildman–Crippen LogP) is 5.44. The summed E-state index contributed by atoms with van der Waals surface area (Å²) in [5, 5.41) is 0.823. The highest BCUT2D eigenvalue weighted by Crippen LogP contribution is 2.46. The van der Waals surface area contributed by atoms with Crippen molar-refractivity contribution in [1.29, 1.82) is 0 Å². The molecule has 13 heteroatoms. The van der Waals surface area contributed by atoms with E-state index in [0.717, 1.165) is 34.9 Å². The van der Waals surface area contributed by atoms with Crippen LogP contribution in [0.15, 0.2) is 53.2 Å². The van der Waals surface area contributed by atoms with Crippen LogP contribution in [-0.2, 0) is 27.3 Å². The van der Waals surface area contributed by atoms with Gasteiger partial charge >= 0.3 is 6.09 Å². The van der Waals surface area contributed by atoms with Crippen molar-refractivity contribution < 1.29 is 31.9 Å². The molecule has 2 heterocycles. The third kappa shape index (κ3) is 7.66. The number of aromatic nitrogens is 2. The summed E-state index contributed by atoms with van der Waals surface area (Å²) in [6, 6.07) is 9.92. The number of furan rings is 1. The summed E-state index contributed by atoms with van der Waals surface area (Å²) in [7, 11) is 0. The molecule has 1 unspecified atom stereocenters. The Labute approximate surface area is 250 Å². The number of benzene rings is 2. The van der Waals surface area contributed by atoms with Gasteiger partial charge in [0.15, 0.2) is 0 Å². The fourth-order valence-corrected chi connectivity index (χ4v) is 5.38. The molecule has 228 valence electrons. The van der Waals surface area contributed by atoms with Gasteiger partial charge < -0.3 is 18.7 Å². The van der Waals surface area contributed by atoms with Gasteiger partial charge in [-0.2, -0.15) is 0 Å². The second-order valence-corrected chi connectivity index (χ2v) is 12.4. The number of hydrogen-bond acceptors (Lipinski definition) is 7. The Morgan fingerprint density at radius 2 is 1.95 bits per heavy atom. The Kier molecular flexibility index (Phi) is 8.95. The summed E-state index contributed by atoms with van der Waals surface area (Å²) in [4.78, 5) is 31.5. The van der Waals surface area contributed by atoms with Gasteiger partial charge in [0.1, 0.15) is 28.6 Å². The number of imidazole rings is 1. The fraction of sp³-hybridized carbons (Fsp3) is 0.367. The average molecular weight is 611 g/mol. The van der Waals surface area contributed by atoms with Crippen LogP contribution in [0.5, 0.6) is 0 Å². The molecule has 43 heavy (non-hydrogen) atoms. The lowest BCUT2D eigenvalue weighted by Crippen LogP contribution is -2.44. The van der Waals surface area contributed by atoms with Gasteiger partial charge in [0.05, 0.1) is 5.56 Å². The summed E-state index contributed by atoms with van der Waals surface area (Å²) in [5.74, 6) is 0.588. The van der Waals surface area contributed by atoms with Crippen molar-refractivity contribution in [2.45, 2.75) is 64.5 Å². The molecule has 1 saturated carbocycles. The Morgan fingerprint density at radius 3 is 2.58 bits per heavy atom. The number of nitrogens with one attached hydrogen (secondary N) is 3. The van der Waals surface area contributed by atoms with Gasteiger partial charge in [0.2, 0.25) is 5.91 Å². The number of hydrogen-bond donors (Lipinski definition) is 3. The van der Waals surface area contributed by atoms with E-state index in [-0.39, 0.29) is 31.7 Å². The van der Waals surface area contributed by atoms with Gasteiger partial charge in [-0.1, -0.05) is 0 Å². The molecule has 2 amide bonds. The minimum Gasteiger partial charge on any atom is -0.760 e. The van der Waals surface area contributed by atoms with Crippen LogP contribution >= 0.6 is 0 Å². The summed E-state index contributed by atoms with van der Waals surface area (Å²) in [6.45, 7) is 5.29. The Morgan fingerprint density at radius 1 is 1.21 bits per heavy atom. The lowest BCUT2D eigenvalue weighted by atomic mass is 9.97. The van der Waals surface area contributed by atoms with Crippen LogP contribution in [0, 0.1) is 5.82 Å². The smallest absolute Gasteiger partial charge is 0.426 e. The molecule has 2 aromatic carbocycles. The zero-order valence-corrected chi connectivity index (χ0v) is 24.9. The van der Waals surface area contributed by atoms with E-state index in [2.05, 4.69) is 20.8 Å². The number of rotatable bonds is 10. The quantitative estimate of drug-likeness (QED) is 0.160. The molecule has 0 radical (unpaired) electrons. The van der Waals surface area contributed by atoms with E-state index in [1.165, 1.54) is 16.4 Å². The number of fused-ring (bicyclic) bond motifs is 1. The molecule has 11 nitrogen and oxygen atoms in total.